The molecule has 0 unspecified atom stereocenters. The van der Waals surface area contributed by atoms with Crippen molar-refractivity contribution in [3.63, 3.8) is 0 Å². The molecule has 1 aromatic heterocycles. The first kappa shape index (κ1) is 18.2. The van der Waals surface area contributed by atoms with Gasteiger partial charge in [-0.2, -0.15) is 0 Å². The van der Waals surface area contributed by atoms with Crippen molar-refractivity contribution in [2.45, 2.75) is 25.1 Å². The molecule has 4 nitrogen and oxygen atoms in total. The molecule has 0 spiro atoms. The lowest BCUT2D eigenvalue weighted by molar-refractivity contribution is 0.0494. The van der Waals surface area contributed by atoms with Gasteiger partial charge >= 0.3 is 0 Å². The highest BCUT2D eigenvalue weighted by Gasteiger charge is 2.35. The molecule has 1 aliphatic heterocycles. The molecule has 0 bridgehead atoms. The summed E-state index contributed by atoms with van der Waals surface area (Å²) in [5.74, 6) is 0.497. The smallest absolute Gasteiger partial charge is 0.251 e. The van der Waals surface area contributed by atoms with Crippen LogP contribution in [0.4, 0.5) is 4.39 Å². The number of amides is 1. The summed E-state index contributed by atoms with van der Waals surface area (Å²) in [5.41, 5.74) is -1.08. The lowest BCUT2D eigenvalue weighted by atomic mass is 9.93. The summed E-state index contributed by atoms with van der Waals surface area (Å²) in [6.45, 7) is 1.90. The molecule has 1 fully saturated rings. The van der Waals surface area contributed by atoms with E-state index >= 15 is 0 Å². The Kier molecular flexibility index (Phi) is 5.67. The summed E-state index contributed by atoms with van der Waals surface area (Å²) in [5, 5.41) is 3.40. The summed E-state index contributed by atoms with van der Waals surface area (Å²) in [6, 6.07) is 8.33. The van der Waals surface area contributed by atoms with Crippen molar-refractivity contribution in [2.24, 2.45) is 0 Å². The molecule has 2 heterocycles. The SMILES string of the molecule is O=C(NCC1(F)CCN(Cc2ccco2)CC1)c1cc(Cl)cc(Cl)c1. The van der Waals surface area contributed by atoms with Crippen LogP contribution < -0.4 is 5.32 Å². The third-order valence-electron chi connectivity index (χ3n) is 4.40. The summed E-state index contributed by atoms with van der Waals surface area (Å²) in [6.07, 6.45) is 2.37. The molecule has 1 N–H and O–H groups in total. The molecule has 1 aromatic carbocycles. The Morgan fingerprint density at radius 2 is 1.92 bits per heavy atom. The maximum absolute atomic E-state index is 14.9. The topological polar surface area (TPSA) is 45.5 Å². The zero-order valence-electron chi connectivity index (χ0n) is 13.6. The minimum atomic E-state index is -1.41. The minimum absolute atomic E-state index is 0.0233. The van der Waals surface area contributed by atoms with Crippen LogP contribution in [0.1, 0.15) is 29.0 Å². The summed E-state index contributed by atoms with van der Waals surface area (Å²) in [7, 11) is 0. The molecule has 0 atom stereocenters. The van der Waals surface area contributed by atoms with Gasteiger partial charge in [0.1, 0.15) is 11.4 Å². The van der Waals surface area contributed by atoms with Crippen LogP contribution in [0, 0.1) is 0 Å². The molecule has 2 aromatic rings. The standard InChI is InChI=1S/C18H19Cl2FN2O2/c19-14-8-13(9-15(20)10-14)17(24)22-12-18(21)3-5-23(6-4-18)11-16-2-1-7-25-16/h1-2,7-10H,3-6,11-12H2,(H,22,24). The van der Waals surface area contributed by atoms with Gasteiger partial charge in [0.2, 0.25) is 0 Å². The van der Waals surface area contributed by atoms with Gasteiger partial charge in [-0.1, -0.05) is 23.2 Å². The van der Waals surface area contributed by atoms with Crippen LogP contribution in [-0.2, 0) is 6.54 Å². The lowest BCUT2D eigenvalue weighted by Crippen LogP contribution is -2.48. The Balaban J connectivity index is 1.50. The fourth-order valence-electron chi connectivity index (χ4n) is 2.94. The molecule has 1 amide bonds. The number of furan rings is 1. The van der Waals surface area contributed by atoms with Gasteiger partial charge in [-0.3, -0.25) is 9.69 Å². The number of likely N-dealkylation sites (tertiary alicyclic amines) is 1. The van der Waals surface area contributed by atoms with E-state index in [0.717, 1.165) is 5.76 Å². The van der Waals surface area contributed by atoms with Crippen molar-refractivity contribution in [1.82, 2.24) is 10.2 Å². The van der Waals surface area contributed by atoms with Crippen LogP contribution in [0.5, 0.6) is 0 Å². The first-order chi connectivity index (χ1) is 11.9. The maximum Gasteiger partial charge on any atom is 0.251 e. The van der Waals surface area contributed by atoms with Crippen molar-refractivity contribution in [3.05, 3.63) is 58.0 Å². The van der Waals surface area contributed by atoms with E-state index in [9.17, 15) is 9.18 Å². The highest BCUT2D eigenvalue weighted by atomic mass is 35.5. The molecule has 25 heavy (non-hydrogen) atoms. The van der Waals surface area contributed by atoms with E-state index in [0.29, 0.717) is 48.1 Å². The van der Waals surface area contributed by atoms with Crippen LogP contribution in [0.3, 0.4) is 0 Å². The Hall–Kier alpha value is -1.56. The number of alkyl halides is 1. The number of rotatable bonds is 5. The second-order valence-electron chi connectivity index (χ2n) is 6.35. The Labute approximate surface area is 155 Å². The lowest BCUT2D eigenvalue weighted by Gasteiger charge is -2.36. The highest BCUT2D eigenvalue weighted by Crippen LogP contribution is 2.27. The molecule has 1 saturated heterocycles. The number of carbonyl (C=O) groups is 1. The molecule has 0 saturated carbocycles. The Morgan fingerprint density at radius 1 is 1.24 bits per heavy atom. The minimum Gasteiger partial charge on any atom is -0.468 e. The summed E-state index contributed by atoms with van der Waals surface area (Å²) >= 11 is 11.8. The average Bonchev–Trinajstić information content (AvgIpc) is 3.07. The second kappa shape index (κ2) is 7.77. The molecular weight excluding hydrogens is 366 g/mol. The van der Waals surface area contributed by atoms with Gasteiger partial charge in [0.15, 0.2) is 0 Å². The Morgan fingerprint density at radius 3 is 2.52 bits per heavy atom. The number of nitrogens with zero attached hydrogens (tertiary/aromatic N) is 1. The van der Waals surface area contributed by atoms with E-state index in [1.54, 1.807) is 12.3 Å². The molecule has 1 aliphatic rings. The van der Waals surface area contributed by atoms with Crippen molar-refractivity contribution in [3.8, 4) is 0 Å². The Bertz CT molecular complexity index is 708. The zero-order valence-corrected chi connectivity index (χ0v) is 15.1. The van der Waals surface area contributed by atoms with Crippen LogP contribution >= 0.6 is 23.2 Å². The average molecular weight is 385 g/mol. The van der Waals surface area contributed by atoms with E-state index in [2.05, 4.69) is 10.2 Å². The molecule has 134 valence electrons. The van der Waals surface area contributed by atoms with Gasteiger partial charge in [-0.05, 0) is 43.2 Å². The number of hydrogen-bond acceptors (Lipinski definition) is 3. The quantitative estimate of drug-likeness (QED) is 0.834. The first-order valence-electron chi connectivity index (χ1n) is 8.11. The fraction of sp³-hybridized carbons (Fsp3) is 0.389. The van der Waals surface area contributed by atoms with Gasteiger partial charge in [0.05, 0.1) is 19.4 Å². The van der Waals surface area contributed by atoms with Crippen molar-refractivity contribution in [1.29, 1.82) is 0 Å². The van der Waals surface area contributed by atoms with Gasteiger partial charge < -0.3 is 9.73 Å². The largest absolute Gasteiger partial charge is 0.468 e. The molecular formula is C18H19Cl2FN2O2. The number of piperidine rings is 1. The van der Waals surface area contributed by atoms with Crippen LogP contribution in [0.2, 0.25) is 10.0 Å². The predicted octanol–water partition coefficient (Wildman–Crippen LogP) is 4.32. The van der Waals surface area contributed by atoms with Gasteiger partial charge in [0, 0.05) is 28.7 Å². The summed E-state index contributed by atoms with van der Waals surface area (Å²) in [4.78, 5) is 14.3. The second-order valence-corrected chi connectivity index (χ2v) is 7.22. The number of halogens is 3. The first-order valence-corrected chi connectivity index (χ1v) is 8.87. The maximum atomic E-state index is 14.9. The number of benzene rings is 1. The molecule has 3 rings (SSSR count). The molecule has 0 radical (unpaired) electrons. The molecule has 7 heteroatoms. The van der Waals surface area contributed by atoms with Crippen molar-refractivity contribution >= 4 is 29.1 Å². The predicted molar refractivity (Wildman–Crippen MR) is 95.9 cm³/mol. The van der Waals surface area contributed by atoms with E-state index < -0.39 is 5.67 Å². The van der Waals surface area contributed by atoms with Crippen LogP contribution in [0.15, 0.2) is 41.0 Å². The van der Waals surface area contributed by atoms with Crippen molar-refractivity contribution < 1.29 is 13.6 Å². The zero-order chi connectivity index (χ0) is 17.9. The van der Waals surface area contributed by atoms with Crippen molar-refractivity contribution in [2.75, 3.05) is 19.6 Å². The number of hydrogen-bond donors (Lipinski definition) is 1. The van der Waals surface area contributed by atoms with Gasteiger partial charge in [-0.15, -0.1) is 0 Å². The monoisotopic (exact) mass is 384 g/mol. The van der Waals surface area contributed by atoms with E-state index in [-0.39, 0.29) is 12.5 Å². The van der Waals surface area contributed by atoms with Gasteiger partial charge in [-0.25, -0.2) is 4.39 Å². The van der Waals surface area contributed by atoms with Crippen LogP contribution in [-0.4, -0.2) is 36.1 Å². The van der Waals surface area contributed by atoms with E-state index in [1.807, 2.05) is 12.1 Å². The third-order valence-corrected chi connectivity index (χ3v) is 4.84. The molecule has 0 aliphatic carbocycles. The van der Waals surface area contributed by atoms with Crippen LogP contribution in [0.25, 0.3) is 0 Å². The fourth-order valence-corrected chi connectivity index (χ4v) is 3.46. The normalized spacial score (nSPS) is 17.4. The van der Waals surface area contributed by atoms with E-state index in [4.69, 9.17) is 27.6 Å². The highest BCUT2D eigenvalue weighted by molar-refractivity contribution is 6.35. The number of carbonyl (C=O) groups excluding carboxylic acids is 1. The third kappa shape index (κ3) is 4.97. The number of nitrogens with one attached hydrogen (secondary N) is 1. The summed E-state index contributed by atoms with van der Waals surface area (Å²) < 4.78 is 20.3. The van der Waals surface area contributed by atoms with Gasteiger partial charge in [0.25, 0.3) is 5.91 Å². The van der Waals surface area contributed by atoms with E-state index in [1.165, 1.54) is 12.1 Å².